The summed E-state index contributed by atoms with van der Waals surface area (Å²) in [5.41, 5.74) is 2.23. The zero-order valence-corrected chi connectivity index (χ0v) is 18.2. The summed E-state index contributed by atoms with van der Waals surface area (Å²) in [4.78, 5) is 22.3. The third kappa shape index (κ3) is 4.28. The number of hydrogen-bond donors (Lipinski definition) is 0. The number of halogens is 1. The second kappa shape index (κ2) is 9.04. The second-order valence-corrected chi connectivity index (χ2v) is 8.06. The molecule has 30 heavy (non-hydrogen) atoms. The molecule has 8 heteroatoms. The van der Waals surface area contributed by atoms with Crippen LogP contribution in [-0.4, -0.2) is 28.3 Å². The van der Waals surface area contributed by atoms with Crippen LogP contribution in [0.15, 0.2) is 62.9 Å². The van der Waals surface area contributed by atoms with Crippen molar-refractivity contribution in [1.82, 2.24) is 14.5 Å². The summed E-state index contributed by atoms with van der Waals surface area (Å²) in [6.45, 7) is 2.74. The number of fused-ring (bicyclic) bond motifs is 1. The molecule has 2 aromatic carbocycles. The Morgan fingerprint density at radius 1 is 1.17 bits per heavy atom. The van der Waals surface area contributed by atoms with E-state index in [9.17, 15) is 4.79 Å². The molecule has 0 atom stereocenters. The van der Waals surface area contributed by atoms with Crippen LogP contribution in [0.2, 0.25) is 5.02 Å². The van der Waals surface area contributed by atoms with Gasteiger partial charge in [-0.25, -0.2) is 9.97 Å². The topological polar surface area (TPSA) is 70.2 Å². The van der Waals surface area contributed by atoms with E-state index < -0.39 is 0 Å². The Balaban J connectivity index is 1.64. The first-order valence-corrected chi connectivity index (χ1v) is 10.8. The maximum Gasteiger partial charge on any atom is 0.262 e. The van der Waals surface area contributed by atoms with Gasteiger partial charge in [0.1, 0.15) is 5.76 Å². The number of para-hydroxylation sites is 1. The van der Waals surface area contributed by atoms with Crippen molar-refractivity contribution in [3.8, 4) is 11.5 Å². The maximum atomic E-state index is 13.0. The number of oxazole rings is 1. The predicted octanol–water partition coefficient (Wildman–Crippen LogP) is 4.95. The number of ether oxygens (including phenoxy) is 1. The van der Waals surface area contributed by atoms with Gasteiger partial charge < -0.3 is 9.15 Å². The highest BCUT2D eigenvalue weighted by atomic mass is 35.5. The Bertz CT molecular complexity index is 1250. The van der Waals surface area contributed by atoms with E-state index in [0.29, 0.717) is 45.9 Å². The first kappa shape index (κ1) is 20.7. The number of aryl methyl sites for hydroxylation is 1. The Morgan fingerprint density at radius 2 is 2.00 bits per heavy atom. The van der Waals surface area contributed by atoms with E-state index in [0.717, 1.165) is 17.0 Å². The van der Waals surface area contributed by atoms with Gasteiger partial charge in [-0.1, -0.05) is 41.6 Å². The van der Waals surface area contributed by atoms with Crippen LogP contribution in [0.1, 0.15) is 11.5 Å². The van der Waals surface area contributed by atoms with Gasteiger partial charge in [-0.15, -0.1) is 0 Å². The molecule has 0 amide bonds. The van der Waals surface area contributed by atoms with E-state index in [4.69, 9.17) is 25.7 Å². The number of rotatable bonds is 7. The minimum atomic E-state index is -0.0726. The number of thioether (sulfide) groups is 1. The fourth-order valence-corrected chi connectivity index (χ4v) is 4.29. The van der Waals surface area contributed by atoms with Crippen LogP contribution in [0.4, 0.5) is 0 Å². The molecule has 0 saturated heterocycles. The highest BCUT2D eigenvalue weighted by molar-refractivity contribution is 7.98. The fourth-order valence-electron chi connectivity index (χ4n) is 3.08. The van der Waals surface area contributed by atoms with Gasteiger partial charge in [0, 0.05) is 23.4 Å². The lowest BCUT2D eigenvalue weighted by Crippen LogP contribution is -2.25. The Hall–Kier alpha value is -2.61. The van der Waals surface area contributed by atoms with Crippen molar-refractivity contribution in [2.45, 2.75) is 24.4 Å². The highest BCUT2D eigenvalue weighted by Crippen LogP contribution is 2.28. The molecule has 0 aliphatic carbocycles. The summed E-state index contributed by atoms with van der Waals surface area (Å²) in [5, 5.41) is 1.85. The lowest BCUT2D eigenvalue weighted by molar-refractivity contribution is 0.183. The minimum Gasteiger partial charge on any atom is -0.441 e. The SMILES string of the molecule is COCCn1c(SCc2nc(-c3cccc(Cl)c3)oc2C)nc2ccccc2c1=O. The number of hydrogen-bond acceptors (Lipinski definition) is 6. The zero-order chi connectivity index (χ0) is 21.1. The average Bonchev–Trinajstić information content (AvgIpc) is 3.12. The molecular formula is C22H20ClN3O3S. The fraction of sp³-hybridized carbons (Fsp3) is 0.227. The van der Waals surface area contributed by atoms with Gasteiger partial charge in [-0.3, -0.25) is 9.36 Å². The van der Waals surface area contributed by atoms with Crippen LogP contribution in [0.25, 0.3) is 22.4 Å². The molecule has 0 fully saturated rings. The third-order valence-electron chi connectivity index (χ3n) is 4.65. The highest BCUT2D eigenvalue weighted by Gasteiger charge is 2.15. The van der Waals surface area contributed by atoms with Crippen LogP contribution < -0.4 is 5.56 Å². The molecule has 0 radical (unpaired) electrons. The van der Waals surface area contributed by atoms with E-state index in [2.05, 4.69) is 4.98 Å². The lowest BCUT2D eigenvalue weighted by Gasteiger charge is -2.12. The smallest absolute Gasteiger partial charge is 0.262 e. The first-order chi connectivity index (χ1) is 14.6. The number of benzene rings is 2. The number of methoxy groups -OCH3 is 1. The summed E-state index contributed by atoms with van der Waals surface area (Å²) < 4.78 is 12.7. The summed E-state index contributed by atoms with van der Waals surface area (Å²) in [7, 11) is 1.61. The summed E-state index contributed by atoms with van der Waals surface area (Å²) in [6, 6.07) is 14.7. The van der Waals surface area contributed by atoms with E-state index in [1.54, 1.807) is 17.7 Å². The van der Waals surface area contributed by atoms with Gasteiger partial charge in [0.05, 0.1) is 29.7 Å². The molecule has 2 aromatic heterocycles. The summed E-state index contributed by atoms with van der Waals surface area (Å²) >= 11 is 7.53. The molecule has 0 N–H and O–H groups in total. The van der Waals surface area contributed by atoms with Gasteiger partial charge >= 0.3 is 0 Å². The standard InChI is InChI=1S/C22H20ClN3O3S/c1-14-19(24-20(29-14)15-6-5-7-16(23)12-15)13-30-22-25-18-9-4-3-8-17(18)21(27)26(22)10-11-28-2/h3-9,12H,10-11,13H2,1-2H3. The Kier molecular flexibility index (Phi) is 6.22. The molecule has 4 aromatic rings. The second-order valence-electron chi connectivity index (χ2n) is 6.68. The normalized spacial score (nSPS) is 11.3. The van der Waals surface area contributed by atoms with E-state index >= 15 is 0 Å². The predicted molar refractivity (Wildman–Crippen MR) is 119 cm³/mol. The molecule has 0 unspecified atom stereocenters. The van der Waals surface area contributed by atoms with Crippen molar-refractivity contribution < 1.29 is 9.15 Å². The molecule has 0 bridgehead atoms. The van der Waals surface area contributed by atoms with Gasteiger partial charge in [0.2, 0.25) is 5.89 Å². The van der Waals surface area contributed by atoms with Crippen LogP contribution in [0, 0.1) is 6.92 Å². The molecule has 154 valence electrons. The van der Waals surface area contributed by atoms with Crippen molar-refractivity contribution in [3.63, 3.8) is 0 Å². The van der Waals surface area contributed by atoms with E-state index in [-0.39, 0.29) is 5.56 Å². The summed E-state index contributed by atoms with van der Waals surface area (Å²) in [5.74, 6) is 1.77. The van der Waals surface area contributed by atoms with Crippen molar-refractivity contribution in [1.29, 1.82) is 0 Å². The van der Waals surface area contributed by atoms with Crippen molar-refractivity contribution in [3.05, 3.63) is 75.4 Å². The van der Waals surface area contributed by atoms with Gasteiger partial charge in [0.25, 0.3) is 5.56 Å². The first-order valence-electron chi connectivity index (χ1n) is 9.40. The van der Waals surface area contributed by atoms with Crippen LogP contribution in [0.5, 0.6) is 0 Å². The van der Waals surface area contributed by atoms with Gasteiger partial charge in [0.15, 0.2) is 5.16 Å². The molecular weight excluding hydrogens is 422 g/mol. The molecule has 4 rings (SSSR count). The zero-order valence-electron chi connectivity index (χ0n) is 16.6. The van der Waals surface area contributed by atoms with Gasteiger partial charge in [-0.05, 0) is 37.3 Å². The molecule has 0 aliphatic rings. The van der Waals surface area contributed by atoms with Gasteiger partial charge in [-0.2, -0.15) is 0 Å². The van der Waals surface area contributed by atoms with Crippen LogP contribution in [-0.2, 0) is 17.0 Å². The van der Waals surface area contributed by atoms with Crippen LogP contribution >= 0.6 is 23.4 Å². The number of nitrogens with zero attached hydrogens (tertiary/aromatic N) is 3. The van der Waals surface area contributed by atoms with E-state index in [1.165, 1.54) is 11.8 Å². The van der Waals surface area contributed by atoms with Crippen molar-refractivity contribution >= 4 is 34.3 Å². The lowest BCUT2D eigenvalue weighted by atomic mass is 10.2. The van der Waals surface area contributed by atoms with E-state index in [1.807, 2.05) is 49.4 Å². The minimum absolute atomic E-state index is 0.0726. The molecule has 0 aliphatic heterocycles. The largest absolute Gasteiger partial charge is 0.441 e. The molecule has 0 spiro atoms. The Morgan fingerprint density at radius 3 is 2.80 bits per heavy atom. The molecule has 0 saturated carbocycles. The third-order valence-corrected chi connectivity index (χ3v) is 5.87. The monoisotopic (exact) mass is 441 g/mol. The molecule has 6 nitrogen and oxygen atoms in total. The Labute approximate surface area is 182 Å². The van der Waals surface area contributed by atoms with Crippen LogP contribution in [0.3, 0.4) is 0 Å². The average molecular weight is 442 g/mol. The number of aromatic nitrogens is 3. The maximum absolute atomic E-state index is 13.0. The quantitative estimate of drug-likeness (QED) is 0.298. The van der Waals surface area contributed by atoms with Crippen molar-refractivity contribution in [2.24, 2.45) is 0 Å². The van der Waals surface area contributed by atoms with Crippen molar-refractivity contribution in [2.75, 3.05) is 13.7 Å². The summed E-state index contributed by atoms with van der Waals surface area (Å²) in [6.07, 6.45) is 0. The molecule has 2 heterocycles.